The van der Waals surface area contributed by atoms with Crippen molar-refractivity contribution in [3.05, 3.63) is 95.6 Å². The fourth-order valence-electron chi connectivity index (χ4n) is 3.32. The fourth-order valence-corrected chi connectivity index (χ4v) is 3.32. The van der Waals surface area contributed by atoms with E-state index >= 15 is 0 Å². The molecule has 2 N–H and O–H groups in total. The van der Waals surface area contributed by atoms with E-state index in [4.69, 9.17) is 0 Å². The maximum Gasteiger partial charge on any atom is 0.292 e. The first-order chi connectivity index (χ1) is 14.6. The van der Waals surface area contributed by atoms with Crippen molar-refractivity contribution in [2.45, 2.75) is 20.3 Å². The predicted octanol–water partition coefficient (Wildman–Crippen LogP) is 4.71. The zero-order chi connectivity index (χ0) is 21.1. The third-order valence-electron chi connectivity index (χ3n) is 4.92. The van der Waals surface area contributed by atoms with Gasteiger partial charge in [-0.25, -0.2) is 4.98 Å². The van der Waals surface area contributed by atoms with Gasteiger partial charge in [0.05, 0.1) is 5.52 Å². The highest BCUT2D eigenvalue weighted by Crippen LogP contribution is 2.19. The number of benzene rings is 2. The van der Waals surface area contributed by atoms with Crippen molar-refractivity contribution in [1.82, 2.24) is 9.38 Å². The van der Waals surface area contributed by atoms with Gasteiger partial charge in [-0.2, -0.15) is 0 Å². The van der Waals surface area contributed by atoms with Gasteiger partial charge in [0.1, 0.15) is 0 Å². The number of anilines is 2. The van der Waals surface area contributed by atoms with Crippen molar-refractivity contribution >= 4 is 28.7 Å². The zero-order valence-electron chi connectivity index (χ0n) is 16.8. The van der Waals surface area contributed by atoms with E-state index in [9.17, 15) is 9.59 Å². The third-order valence-corrected chi connectivity index (χ3v) is 4.92. The van der Waals surface area contributed by atoms with E-state index in [0.29, 0.717) is 11.2 Å². The van der Waals surface area contributed by atoms with Gasteiger partial charge in [0.25, 0.3) is 11.8 Å². The first-order valence-electron chi connectivity index (χ1n) is 9.81. The third kappa shape index (κ3) is 3.80. The Morgan fingerprint density at radius 1 is 0.900 bits per heavy atom. The van der Waals surface area contributed by atoms with Crippen LogP contribution < -0.4 is 10.6 Å². The van der Waals surface area contributed by atoms with Crippen LogP contribution in [0.5, 0.6) is 0 Å². The summed E-state index contributed by atoms with van der Waals surface area (Å²) < 4.78 is 1.63. The summed E-state index contributed by atoms with van der Waals surface area (Å²) in [5.74, 6) is -0.576. The second-order valence-electron chi connectivity index (χ2n) is 7.02. The number of nitrogens with one attached hydrogen (secondary N) is 2. The van der Waals surface area contributed by atoms with Crippen molar-refractivity contribution in [3.63, 3.8) is 0 Å². The summed E-state index contributed by atoms with van der Waals surface area (Å²) in [6.07, 6.45) is 2.52. The molecule has 4 aromatic rings. The maximum atomic E-state index is 13.0. The number of aryl methyl sites for hydroxylation is 2. The molecule has 2 aromatic heterocycles. The van der Waals surface area contributed by atoms with Gasteiger partial charge in [0, 0.05) is 17.6 Å². The molecule has 150 valence electrons. The molecular weight excluding hydrogens is 376 g/mol. The number of aromatic nitrogens is 2. The lowest BCUT2D eigenvalue weighted by atomic mass is 10.1. The van der Waals surface area contributed by atoms with Crippen LogP contribution in [0.2, 0.25) is 0 Å². The Labute approximate surface area is 174 Å². The molecule has 0 atom stereocenters. The highest BCUT2D eigenvalue weighted by molar-refractivity contribution is 6.10. The monoisotopic (exact) mass is 398 g/mol. The zero-order valence-corrected chi connectivity index (χ0v) is 16.8. The number of nitrogens with zero attached hydrogens (tertiary/aromatic N) is 2. The molecule has 0 aliphatic rings. The summed E-state index contributed by atoms with van der Waals surface area (Å²) in [6, 6.07) is 20.5. The Balaban J connectivity index is 1.67. The van der Waals surface area contributed by atoms with Gasteiger partial charge in [0.2, 0.25) is 5.82 Å². The number of hydrogen-bond acceptors (Lipinski definition) is 3. The van der Waals surface area contributed by atoms with E-state index in [1.807, 2.05) is 68.4 Å². The molecule has 0 fully saturated rings. The average Bonchev–Trinajstić information content (AvgIpc) is 3.16. The number of imidazole rings is 1. The number of pyridine rings is 1. The second-order valence-corrected chi connectivity index (χ2v) is 7.02. The van der Waals surface area contributed by atoms with Crippen LogP contribution in [0.25, 0.3) is 5.52 Å². The van der Waals surface area contributed by atoms with Crippen LogP contribution in [0.3, 0.4) is 0 Å². The Morgan fingerprint density at radius 3 is 2.40 bits per heavy atom. The fraction of sp³-hybridized carbons (Fsp3) is 0.125. The van der Waals surface area contributed by atoms with Crippen LogP contribution in [0.1, 0.15) is 39.2 Å². The molecule has 2 aromatic carbocycles. The first kappa shape index (κ1) is 19.4. The lowest BCUT2D eigenvalue weighted by Gasteiger charge is -2.08. The second kappa shape index (κ2) is 8.21. The largest absolute Gasteiger partial charge is 0.321 e. The van der Waals surface area contributed by atoms with E-state index in [0.717, 1.165) is 23.2 Å². The molecule has 0 radical (unpaired) electrons. The molecule has 0 aliphatic heterocycles. The van der Waals surface area contributed by atoms with Crippen LogP contribution in [0, 0.1) is 6.92 Å². The molecule has 6 nitrogen and oxygen atoms in total. The molecule has 4 rings (SSSR count). The van der Waals surface area contributed by atoms with Crippen molar-refractivity contribution in [3.8, 4) is 0 Å². The summed E-state index contributed by atoms with van der Waals surface area (Å²) in [5.41, 5.74) is 4.31. The number of carbonyl (C=O) groups excluding carboxylic acids is 2. The van der Waals surface area contributed by atoms with E-state index in [-0.39, 0.29) is 23.3 Å². The Bertz CT molecular complexity index is 1230. The van der Waals surface area contributed by atoms with Crippen LogP contribution in [-0.4, -0.2) is 21.2 Å². The van der Waals surface area contributed by atoms with E-state index in [1.54, 1.807) is 22.7 Å². The minimum Gasteiger partial charge on any atom is -0.321 e. The van der Waals surface area contributed by atoms with Crippen molar-refractivity contribution in [1.29, 1.82) is 0 Å². The quantitative estimate of drug-likeness (QED) is 0.511. The van der Waals surface area contributed by atoms with E-state index in [1.165, 1.54) is 0 Å². The number of rotatable bonds is 5. The SMILES string of the molecule is CCc1ccccc1NC(=O)c1nc(C(=O)Nc2ccc(C)cc2)c2ccccn12. The highest BCUT2D eigenvalue weighted by atomic mass is 16.2. The first-order valence-corrected chi connectivity index (χ1v) is 9.81. The van der Waals surface area contributed by atoms with Gasteiger partial charge < -0.3 is 10.6 Å². The summed E-state index contributed by atoms with van der Waals surface area (Å²) in [6.45, 7) is 4.01. The molecule has 0 saturated carbocycles. The molecule has 0 aliphatic carbocycles. The van der Waals surface area contributed by atoms with Crippen LogP contribution in [-0.2, 0) is 6.42 Å². The number of para-hydroxylation sites is 1. The van der Waals surface area contributed by atoms with Crippen molar-refractivity contribution in [2.75, 3.05) is 10.6 Å². The van der Waals surface area contributed by atoms with Gasteiger partial charge in [-0.3, -0.25) is 14.0 Å². The number of amides is 2. The molecule has 0 saturated heterocycles. The molecule has 0 unspecified atom stereocenters. The van der Waals surface area contributed by atoms with Crippen LogP contribution in [0.15, 0.2) is 72.9 Å². The minimum atomic E-state index is -0.369. The Kier molecular flexibility index (Phi) is 5.30. The number of hydrogen-bond donors (Lipinski definition) is 2. The molecule has 2 amide bonds. The van der Waals surface area contributed by atoms with E-state index < -0.39 is 0 Å². The van der Waals surface area contributed by atoms with Gasteiger partial charge in [-0.1, -0.05) is 48.9 Å². The highest BCUT2D eigenvalue weighted by Gasteiger charge is 2.22. The smallest absolute Gasteiger partial charge is 0.292 e. The Morgan fingerprint density at radius 2 is 1.63 bits per heavy atom. The lowest BCUT2D eigenvalue weighted by Crippen LogP contribution is -2.17. The predicted molar refractivity (Wildman–Crippen MR) is 118 cm³/mol. The number of carbonyl (C=O) groups is 2. The van der Waals surface area contributed by atoms with Crippen LogP contribution in [0.4, 0.5) is 11.4 Å². The summed E-state index contributed by atoms with van der Waals surface area (Å²) >= 11 is 0. The summed E-state index contributed by atoms with van der Waals surface area (Å²) in [5, 5.41) is 5.78. The average molecular weight is 398 g/mol. The topological polar surface area (TPSA) is 75.5 Å². The molecular formula is C24H22N4O2. The van der Waals surface area contributed by atoms with Crippen molar-refractivity contribution in [2.24, 2.45) is 0 Å². The summed E-state index contributed by atoms with van der Waals surface area (Å²) in [4.78, 5) is 30.3. The number of fused-ring (bicyclic) bond motifs is 1. The molecule has 2 heterocycles. The van der Waals surface area contributed by atoms with Gasteiger partial charge in [0.15, 0.2) is 5.69 Å². The Hall–Kier alpha value is -3.93. The van der Waals surface area contributed by atoms with E-state index in [2.05, 4.69) is 15.6 Å². The molecule has 30 heavy (non-hydrogen) atoms. The summed E-state index contributed by atoms with van der Waals surface area (Å²) in [7, 11) is 0. The normalized spacial score (nSPS) is 10.7. The molecule has 6 heteroatoms. The van der Waals surface area contributed by atoms with Gasteiger partial charge in [-0.15, -0.1) is 0 Å². The van der Waals surface area contributed by atoms with Gasteiger partial charge in [-0.05, 0) is 49.2 Å². The van der Waals surface area contributed by atoms with Crippen LogP contribution >= 0.6 is 0 Å². The standard InChI is InChI=1S/C24H22N4O2/c1-3-17-8-4-5-9-19(17)26-24(30)22-27-21(20-10-6-7-15-28(20)22)23(29)25-18-13-11-16(2)12-14-18/h4-15H,3H2,1-2H3,(H,25,29)(H,26,30). The maximum absolute atomic E-state index is 13.0. The molecule has 0 spiro atoms. The minimum absolute atomic E-state index is 0.158. The lowest BCUT2D eigenvalue weighted by molar-refractivity contribution is 0.101. The molecule has 0 bridgehead atoms. The van der Waals surface area contributed by atoms with Gasteiger partial charge >= 0.3 is 0 Å². The van der Waals surface area contributed by atoms with Crippen molar-refractivity contribution < 1.29 is 9.59 Å².